The zero-order valence-electron chi connectivity index (χ0n) is 13.5. The number of anilines is 1. The first kappa shape index (κ1) is 18.1. The molecule has 0 unspecified atom stereocenters. The van der Waals surface area contributed by atoms with E-state index in [0.29, 0.717) is 30.2 Å². The topological polar surface area (TPSA) is 98.7 Å². The molecule has 1 aliphatic rings. The number of carbonyl (C=O) groups excluding carboxylic acids is 2. The first-order valence-electron chi connectivity index (χ1n) is 7.68. The van der Waals surface area contributed by atoms with Gasteiger partial charge in [-0.05, 0) is 30.5 Å². The Hall–Kier alpha value is -2.28. The minimum atomic E-state index is -1.08. The van der Waals surface area contributed by atoms with Crippen LogP contribution in [-0.4, -0.2) is 42.1 Å². The van der Waals surface area contributed by atoms with Crippen molar-refractivity contribution in [2.75, 3.05) is 18.0 Å². The molecule has 1 aromatic carbocycles. The fourth-order valence-corrected chi connectivity index (χ4v) is 2.72. The lowest BCUT2D eigenvalue weighted by molar-refractivity contribution is -0.139. The molecular weight excluding hydrogens is 334 g/mol. The van der Waals surface area contributed by atoms with Crippen molar-refractivity contribution in [2.24, 2.45) is 5.92 Å². The van der Waals surface area contributed by atoms with Crippen LogP contribution in [0.2, 0.25) is 5.02 Å². The molecule has 1 atom stereocenters. The molecule has 0 spiro atoms. The molecule has 2 rings (SSSR count). The number of nitrogens with zero attached hydrogens (tertiary/aromatic N) is 1. The highest BCUT2D eigenvalue weighted by atomic mass is 35.5. The summed E-state index contributed by atoms with van der Waals surface area (Å²) in [4.78, 5) is 36.9. The average molecular weight is 354 g/mol. The molecule has 130 valence electrons. The molecule has 1 aromatic rings. The van der Waals surface area contributed by atoms with Gasteiger partial charge in [-0.15, -0.1) is 0 Å². The zero-order valence-corrected chi connectivity index (χ0v) is 14.3. The summed E-state index contributed by atoms with van der Waals surface area (Å²) in [6, 6.07) is 3.28. The smallest absolute Gasteiger partial charge is 0.326 e. The van der Waals surface area contributed by atoms with Gasteiger partial charge in [0.1, 0.15) is 6.04 Å². The highest BCUT2D eigenvalue weighted by Gasteiger charge is 2.26. The van der Waals surface area contributed by atoms with Gasteiger partial charge in [0.25, 0.3) is 5.91 Å². The molecule has 0 bridgehead atoms. The third-order valence-corrected chi connectivity index (χ3v) is 3.99. The monoisotopic (exact) mass is 353 g/mol. The number of carboxylic acids is 1. The first-order valence-corrected chi connectivity index (χ1v) is 8.06. The molecule has 0 aliphatic carbocycles. The van der Waals surface area contributed by atoms with Crippen molar-refractivity contribution in [2.45, 2.75) is 26.3 Å². The van der Waals surface area contributed by atoms with E-state index in [0.717, 1.165) is 0 Å². The number of benzene rings is 1. The maximum atomic E-state index is 12.4. The van der Waals surface area contributed by atoms with Gasteiger partial charge >= 0.3 is 12.0 Å². The van der Waals surface area contributed by atoms with Crippen LogP contribution in [0.3, 0.4) is 0 Å². The van der Waals surface area contributed by atoms with E-state index in [9.17, 15) is 19.5 Å². The van der Waals surface area contributed by atoms with Crippen molar-refractivity contribution in [3.8, 4) is 0 Å². The number of carboxylic acid groups (broad SMARTS) is 1. The lowest BCUT2D eigenvalue weighted by Gasteiger charge is -2.19. The van der Waals surface area contributed by atoms with E-state index in [-0.39, 0.29) is 17.5 Å². The molecule has 0 aromatic heterocycles. The molecule has 0 radical (unpaired) electrons. The fraction of sp³-hybridized carbons (Fsp3) is 0.438. The average Bonchev–Trinajstić information content (AvgIpc) is 2.92. The van der Waals surface area contributed by atoms with Crippen LogP contribution in [0.1, 0.15) is 30.6 Å². The van der Waals surface area contributed by atoms with E-state index < -0.39 is 17.9 Å². The SMILES string of the molecule is CC(C)C[C@H](NC(=O)c1ccc(Cl)c(N2CCNC2=O)c1)C(=O)O. The molecule has 1 saturated heterocycles. The van der Waals surface area contributed by atoms with Gasteiger partial charge < -0.3 is 15.7 Å². The molecule has 7 nitrogen and oxygen atoms in total. The highest BCUT2D eigenvalue weighted by molar-refractivity contribution is 6.34. The molecule has 0 saturated carbocycles. The van der Waals surface area contributed by atoms with Crippen LogP contribution in [0.4, 0.5) is 10.5 Å². The Bertz CT molecular complexity index is 663. The van der Waals surface area contributed by atoms with Gasteiger partial charge in [0, 0.05) is 18.7 Å². The maximum absolute atomic E-state index is 12.4. The second-order valence-electron chi connectivity index (χ2n) is 6.04. The van der Waals surface area contributed by atoms with E-state index in [1.165, 1.54) is 23.1 Å². The number of carbonyl (C=O) groups is 3. The maximum Gasteiger partial charge on any atom is 0.326 e. The van der Waals surface area contributed by atoms with Gasteiger partial charge in [-0.25, -0.2) is 9.59 Å². The van der Waals surface area contributed by atoms with Crippen LogP contribution in [-0.2, 0) is 4.79 Å². The number of aliphatic carboxylic acids is 1. The van der Waals surface area contributed by atoms with Gasteiger partial charge in [0.15, 0.2) is 0 Å². The minimum absolute atomic E-state index is 0.125. The number of hydrogen-bond acceptors (Lipinski definition) is 3. The standard InChI is InChI=1S/C16H20ClN3O4/c1-9(2)7-12(15(22)23)19-14(21)10-3-4-11(17)13(8-10)20-6-5-18-16(20)24/h3-4,8-9,12H,5-7H2,1-2H3,(H,18,24)(H,19,21)(H,22,23)/t12-/m0/s1. The number of hydrogen-bond donors (Lipinski definition) is 3. The Morgan fingerprint density at radius 2 is 2.12 bits per heavy atom. The number of urea groups is 1. The summed E-state index contributed by atoms with van der Waals surface area (Å²) in [7, 11) is 0. The Morgan fingerprint density at radius 3 is 2.67 bits per heavy atom. The van der Waals surface area contributed by atoms with Gasteiger partial charge in [0.2, 0.25) is 0 Å². The Balaban J connectivity index is 2.20. The molecule has 3 amide bonds. The van der Waals surface area contributed by atoms with Crippen molar-refractivity contribution >= 4 is 35.2 Å². The lowest BCUT2D eigenvalue weighted by atomic mass is 10.0. The summed E-state index contributed by atoms with van der Waals surface area (Å²) < 4.78 is 0. The molecule has 1 aliphatic heterocycles. The van der Waals surface area contributed by atoms with Crippen LogP contribution in [0.5, 0.6) is 0 Å². The Morgan fingerprint density at radius 1 is 1.42 bits per heavy atom. The number of nitrogens with one attached hydrogen (secondary N) is 2. The summed E-state index contributed by atoms with van der Waals surface area (Å²) in [5, 5.41) is 14.7. The van der Waals surface area contributed by atoms with Crippen LogP contribution in [0.15, 0.2) is 18.2 Å². The summed E-state index contributed by atoms with van der Waals surface area (Å²) >= 11 is 6.12. The van der Waals surface area contributed by atoms with Gasteiger partial charge in [-0.3, -0.25) is 9.69 Å². The van der Waals surface area contributed by atoms with Crippen molar-refractivity contribution in [1.82, 2.24) is 10.6 Å². The van der Waals surface area contributed by atoms with Crippen molar-refractivity contribution < 1.29 is 19.5 Å². The molecule has 1 fully saturated rings. The second kappa shape index (κ2) is 7.53. The Kier molecular flexibility index (Phi) is 5.66. The number of rotatable bonds is 6. The summed E-state index contributed by atoms with van der Waals surface area (Å²) in [6.07, 6.45) is 0.329. The van der Waals surface area contributed by atoms with Crippen molar-refractivity contribution in [1.29, 1.82) is 0 Å². The van der Waals surface area contributed by atoms with Crippen LogP contribution >= 0.6 is 11.6 Å². The van der Waals surface area contributed by atoms with Crippen molar-refractivity contribution in [3.63, 3.8) is 0 Å². The van der Waals surface area contributed by atoms with E-state index in [4.69, 9.17) is 11.6 Å². The van der Waals surface area contributed by atoms with Gasteiger partial charge in [-0.2, -0.15) is 0 Å². The molecule has 3 N–H and O–H groups in total. The fourth-order valence-electron chi connectivity index (χ4n) is 2.50. The van der Waals surface area contributed by atoms with E-state index >= 15 is 0 Å². The van der Waals surface area contributed by atoms with Crippen molar-refractivity contribution in [3.05, 3.63) is 28.8 Å². The third kappa shape index (κ3) is 4.17. The van der Waals surface area contributed by atoms with Crippen LogP contribution < -0.4 is 15.5 Å². The highest BCUT2D eigenvalue weighted by Crippen LogP contribution is 2.28. The normalized spacial score (nSPS) is 15.3. The predicted octanol–water partition coefficient (Wildman–Crippen LogP) is 2.10. The number of amides is 3. The second-order valence-corrected chi connectivity index (χ2v) is 6.45. The van der Waals surface area contributed by atoms with E-state index in [2.05, 4.69) is 10.6 Å². The van der Waals surface area contributed by atoms with E-state index in [1.54, 1.807) is 0 Å². The third-order valence-electron chi connectivity index (χ3n) is 3.67. The summed E-state index contributed by atoms with van der Waals surface area (Å²) in [5.41, 5.74) is 0.680. The molecule has 1 heterocycles. The van der Waals surface area contributed by atoms with E-state index in [1.807, 2.05) is 13.8 Å². The predicted molar refractivity (Wildman–Crippen MR) is 90.5 cm³/mol. The van der Waals surface area contributed by atoms with Gasteiger partial charge in [0.05, 0.1) is 10.7 Å². The minimum Gasteiger partial charge on any atom is -0.480 e. The molecule has 24 heavy (non-hydrogen) atoms. The first-order chi connectivity index (χ1) is 11.3. The Labute approximate surface area is 145 Å². The summed E-state index contributed by atoms with van der Waals surface area (Å²) in [5.74, 6) is -1.47. The lowest BCUT2D eigenvalue weighted by Crippen LogP contribution is -2.41. The quantitative estimate of drug-likeness (QED) is 0.729. The zero-order chi connectivity index (χ0) is 17.9. The summed E-state index contributed by atoms with van der Waals surface area (Å²) in [6.45, 7) is 4.72. The number of halogens is 1. The van der Waals surface area contributed by atoms with Crippen LogP contribution in [0.25, 0.3) is 0 Å². The van der Waals surface area contributed by atoms with Gasteiger partial charge in [-0.1, -0.05) is 25.4 Å². The molecule has 8 heteroatoms. The van der Waals surface area contributed by atoms with Crippen LogP contribution in [0, 0.1) is 5.92 Å². The largest absolute Gasteiger partial charge is 0.480 e. The molecular formula is C16H20ClN3O4.